The molecule has 0 aliphatic rings. The Hall–Kier alpha value is -2.15. The fraction of sp³-hybridized carbons (Fsp3) is 0.280. The molecule has 146 valence electrons. The average Bonchev–Trinajstić information content (AvgIpc) is 2.65. The summed E-state index contributed by atoms with van der Waals surface area (Å²) in [4.78, 5) is 0. The molecule has 0 spiro atoms. The first-order valence-electron chi connectivity index (χ1n) is 9.61. The van der Waals surface area contributed by atoms with Crippen molar-refractivity contribution in [2.45, 2.75) is 46.1 Å². The highest BCUT2D eigenvalue weighted by molar-refractivity contribution is 7.55. The van der Waals surface area contributed by atoms with Gasteiger partial charge in [-0.05, 0) is 47.3 Å². The number of aryl methyl sites for hydroxylation is 2. The van der Waals surface area contributed by atoms with E-state index in [4.69, 9.17) is 0 Å². The summed E-state index contributed by atoms with van der Waals surface area (Å²) in [7, 11) is 0.270. The molecule has 2 N–H and O–H groups in total. The van der Waals surface area contributed by atoms with Crippen LogP contribution >= 0.6 is 8.58 Å². The molecular weight excluding hydrogens is 363 g/mol. The van der Waals surface area contributed by atoms with E-state index < -0.39 is 6.10 Å². The number of phenols is 1. The van der Waals surface area contributed by atoms with Crippen LogP contribution in [-0.2, 0) is 5.41 Å². The molecule has 0 amide bonds. The van der Waals surface area contributed by atoms with Crippen molar-refractivity contribution in [3.8, 4) is 5.75 Å². The Labute approximate surface area is 170 Å². The smallest absolute Gasteiger partial charge is 0.127 e. The molecule has 0 radical (unpaired) electrons. The third-order valence-corrected chi connectivity index (χ3v) is 6.32. The molecule has 3 heteroatoms. The van der Waals surface area contributed by atoms with E-state index in [2.05, 4.69) is 58.0 Å². The lowest BCUT2D eigenvalue weighted by molar-refractivity contribution is 0.221. The third-order valence-electron chi connectivity index (χ3n) is 4.95. The van der Waals surface area contributed by atoms with Crippen molar-refractivity contribution in [2.75, 3.05) is 0 Å². The number of aliphatic hydroxyl groups is 1. The highest BCUT2D eigenvalue weighted by atomic mass is 31.1. The van der Waals surface area contributed by atoms with Crippen molar-refractivity contribution in [1.29, 1.82) is 0 Å². The normalized spacial score (nSPS) is 13.2. The van der Waals surface area contributed by atoms with E-state index in [0.717, 1.165) is 38.4 Å². The van der Waals surface area contributed by atoms with E-state index >= 15 is 0 Å². The van der Waals surface area contributed by atoms with Gasteiger partial charge in [0.1, 0.15) is 11.9 Å². The summed E-state index contributed by atoms with van der Waals surface area (Å²) in [6.45, 7) is 10.5. The van der Waals surface area contributed by atoms with Gasteiger partial charge in [-0.1, -0.05) is 89.5 Å². The molecule has 2 atom stereocenters. The summed E-state index contributed by atoms with van der Waals surface area (Å²) >= 11 is 0. The zero-order valence-electron chi connectivity index (χ0n) is 17.2. The van der Waals surface area contributed by atoms with Gasteiger partial charge in [-0.2, -0.15) is 0 Å². The molecule has 0 heterocycles. The van der Waals surface area contributed by atoms with Crippen LogP contribution in [0.5, 0.6) is 5.75 Å². The molecule has 0 aliphatic heterocycles. The number of rotatable bonds is 4. The van der Waals surface area contributed by atoms with E-state index in [0.29, 0.717) is 5.75 Å². The lowest BCUT2D eigenvalue weighted by Crippen LogP contribution is -2.18. The number of aromatic hydroxyl groups is 1. The fourth-order valence-corrected chi connectivity index (χ4v) is 4.79. The SMILES string of the molecule is Cc1ccc(Pc2cc(C)cc(C(C)(C)C)c2O)c(C(O)c2ccccc2)c1. The molecule has 3 rings (SSSR count). The van der Waals surface area contributed by atoms with Gasteiger partial charge >= 0.3 is 0 Å². The Balaban J connectivity index is 2.06. The molecular formula is C25H29O2P. The fourth-order valence-electron chi connectivity index (χ4n) is 3.43. The molecule has 0 aliphatic carbocycles. The molecule has 2 unspecified atom stereocenters. The Morgan fingerprint density at radius 1 is 0.821 bits per heavy atom. The number of hydrogen-bond donors (Lipinski definition) is 2. The van der Waals surface area contributed by atoms with Gasteiger partial charge in [-0.25, -0.2) is 0 Å². The van der Waals surface area contributed by atoms with Gasteiger partial charge in [-0.15, -0.1) is 0 Å². The van der Waals surface area contributed by atoms with E-state index in [1.807, 2.05) is 37.3 Å². The Bertz CT molecular complexity index is 972. The van der Waals surface area contributed by atoms with Crippen molar-refractivity contribution in [3.63, 3.8) is 0 Å². The largest absolute Gasteiger partial charge is 0.507 e. The van der Waals surface area contributed by atoms with Crippen LogP contribution in [0.1, 0.15) is 54.7 Å². The van der Waals surface area contributed by atoms with Gasteiger partial charge in [0.15, 0.2) is 0 Å². The first-order valence-corrected chi connectivity index (χ1v) is 10.6. The second-order valence-electron chi connectivity index (χ2n) is 8.49. The van der Waals surface area contributed by atoms with Gasteiger partial charge in [0.2, 0.25) is 0 Å². The van der Waals surface area contributed by atoms with Gasteiger partial charge in [-0.3, -0.25) is 0 Å². The van der Waals surface area contributed by atoms with Crippen LogP contribution in [0.25, 0.3) is 0 Å². The number of benzene rings is 3. The highest BCUT2D eigenvalue weighted by Crippen LogP contribution is 2.34. The van der Waals surface area contributed by atoms with Gasteiger partial charge in [0, 0.05) is 10.9 Å². The molecule has 3 aromatic carbocycles. The number of aliphatic hydroxyl groups excluding tert-OH is 1. The van der Waals surface area contributed by atoms with Crippen LogP contribution in [0.4, 0.5) is 0 Å². The van der Waals surface area contributed by atoms with E-state index in [-0.39, 0.29) is 14.0 Å². The van der Waals surface area contributed by atoms with Crippen LogP contribution < -0.4 is 10.6 Å². The van der Waals surface area contributed by atoms with Crippen molar-refractivity contribution < 1.29 is 10.2 Å². The van der Waals surface area contributed by atoms with Gasteiger partial charge < -0.3 is 10.2 Å². The van der Waals surface area contributed by atoms with Crippen molar-refractivity contribution in [3.05, 3.63) is 88.5 Å². The maximum Gasteiger partial charge on any atom is 0.127 e. The Morgan fingerprint density at radius 3 is 2.14 bits per heavy atom. The predicted octanol–water partition coefficient (Wildman–Crippen LogP) is 5.02. The predicted molar refractivity (Wildman–Crippen MR) is 121 cm³/mol. The molecule has 0 aromatic heterocycles. The summed E-state index contributed by atoms with van der Waals surface area (Å²) in [5, 5.41) is 24.0. The number of phenolic OH excluding ortho intramolecular Hbond substituents is 1. The number of hydrogen-bond acceptors (Lipinski definition) is 2. The molecule has 2 nitrogen and oxygen atoms in total. The second-order valence-corrected chi connectivity index (χ2v) is 9.81. The summed E-state index contributed by atoms with van der Waals surface area (Å²) in [5.41, 5.74) is 4.87. The Morgan fingerprint density at radius 2 is 1.50 bits per heavy atom. The maximum atomic E-state index is 11.0. The highest BCUT2D eigenvalue weighted by Gasteiger charge is 2.22. The lowest BCUT2D eigenvalue weighted by Gasteiger charge is -2.23. The van der Waals surface area contributed by atoms with Crippen LogP contribution in [0, 0.1) is 13.8 Å². The summed E-state index contributed by atoms with van der Waals surface area (Å²) in [6, 6.07) is 20.1. The molecule has 0 saturated heterocycles. The molecule has 3 aromatic rings. The average molecular weight is 392 g/mol. The maximum absolute atomic E-state index is 11.0. The minimum atomic E-state index is -0.683. The second kappa shape index (κ2) is 8.07. The monoisotopic (exact) mass is 392 g/mol. The summed E-state index contributed by atoms with van der Waals surface area (Å²) in [6.07, 6.45) is -0.683. The molecule has 0 saturated carbocycles. The molecule has 0 bridgehead atoms. The van der Waals surface area contributed by atoms with Crippen molar-refractivity contribution in [1.82, 2.24) is 0 Å². The van der Waals surface area contributed by atoms with Crippen molar-refractivity contribution >= 4 is 19.2 Å². The third kappa shape index (κ3) is 4.46. The van der Waals surface area contributed by atoms with Crippen LogP contribution in [0.2, 0.25) is 0 Å². The van der Waals surface area contributed by atoms with E-state index in [1.54, 1.807) is 0 Å². The summed E-state index contributed by atoms with van der Waals surface area (Å²) in [5.74, 6) is 0.372. The topological polar surface area (TPSA) is 40.5 Å². The standard InChI is InChI=1S/C25H29O2P/c1-16-11-12-21(19(13-16)23(26)18-9-7-6-8-10-18)28-22-15-17(2)14-20(24(22)27)25(3,4)5/h6-15,23,26-28H,1-5H3. The van der Waals surface area contributed by atoms with E-state index in [9.17, 15) is 10.2 Å². The van der Waals surface area contributed by atoms with Crippen LogP contribution in [0.3, 0.4) is 0 Å². The van der Waals surface area contributed by atoms with Crippen molar-refractivity contribution in [2.24, 2.45) is 0 Å². The zero-order chi connectivity index (χ0) is 20.5. The van der Waals surface area contributed by atoms with E-state index in [1.165, 1.54) is 0 Å². The minimum Gasteiger partial charge on any atom is -0.507 e. The minimum absolute atomic E-state index is 0.130. The lowest BCUT2D eigenvalue weighted by atomic mass is 9.85. The first-order chi connectivity index (χ1) is 13.2. The zero-order valence-corrected chi connectivity index (χ0v) is 18.2. The summed E-state index contributed by atoms with van der Waals surface area (Å²) < 4.78 is 0. The van der Waals surface area contributed by atoms with Gasteiger partial charge in [0.05, 0.1) is 0 Å². The quantitative estimate of drug-likeness (QED) is 0.612. The first kappa shape index (κ1) is 20.6. The molecule has 28 heavy (non-hydrogen) atoms. The van der Waals surface area contributed by atoms with Gasteiger partial charge in [0.25, 0.3) is 0 Å². The van der Waals surface area contributed by atoms with Crippen LogP contribution in [0.15, 0.2) is 60.7 Å². The molecule has 0 fully saturated rings. The Kier molecular flexibility index (Phi) is 5.93. The van der Waals surface area contributed by atoms with Crippen LogP contribution in [-0.4, -0.2) is 10.2 Å².